The average Bonchev–Trinajstić information content (AvgIpc) is 3.34. The van der Waals surface area contributed by atoms with E-state index in [-0.39, 0.29) is 30.2 Å². The predicted molar refractivity (Wildman–Crippen MR) is 129 cm³/mol. The summed E-state index contributed by atoms with van der Waals surface area (Å²) in [5.41, 5.74) is 1.51. The Morgan fingerprint density at radius 1 is 0.879 bits per heavy atom. The zero-order chi connectivity index (χ0) is 23.0. The molecule has 2 heterocycles. The summed E-state index contributed by atoms with van der Waals surface area (Å²) in [5.74, 6) is -0.573. The number of nitrogens with one attached hydrogen (secondary N) is 2. The van der Waals surface area contributed by atoms with E-state index in [0.717, 1.165) is 10.4 Å². The highest BCUT2D eigenvalue weighted by atomic mass is 32.1. The van der Waals surface area contributed by atoms with Gasteiger partial charge in [-0.1, -0.05) is 42.5 Å². The van der Waals surface area contributed by atoms with Gasteiger partial charge in [-0.15, -0.1) is 11.3 Å². The largest absolute Gasteiger partial charge is 0.343 e. The zero-order valence-corrected chi connectivity index (χ0v) is 19.1. The Hall–Kier alpha value is -3.07. The number of rotatable bonds is 8. The van der Waals surface area contributed by atoms with Gasteiger partial charge >= 0.3 is 0 Å². The number of halogens is 1. The number of nitrogens with zero attached hydrogens (tertiary/aromatic N) is 2. The van der Waals surface area contributed by atoms with Crippen molar-refractivity contribution in [3.8, 4) is 0 Å². The number of thiophene rings is 1. The minimum absolute atomic E-state index is 0.0189. The maximum absolute atomic E-state index is 13.3. The molecule has 1 atom stereocenters. The highest BCUT2D eigenvalue weighted by molar-refractivity contribution is 7.10. The molecule has 2 N–H and O–H groups in total. The van der Waals surface area contributed by atoms with Crippen LogP contribution in [-0.4, -0.2) is 60.9 Å². The summed E-state index contributed by atoms with van der Waals surface area (Å²) in [6.07, 6.45) is 0. The van der Waals surface area contributed by atoms with E-state index in [1.54, 1.807) is 23.5 Å². The predicted octanol–water partition coefficient (Wildman–Crippen LogP) is 3.35. The SMILES string of the molecule is O=C(CN1CCN(CC(=O)N[C@@H](c2ccccc2)c2cccs2)CC1)Nc1cccc(F)c1. The first kappa shape index (κ1) is 23.1. The minimum atomic E-state index is -0.381. The smallest absolute Gasteiger partial charge is 0.238 e. The second-order valence-electron chi connectivity index (χ2n) is 8.04. The Balaban J connectivity index is 1.24. The van der Waals surface area contributed by atoms with Gasteiger partial charge in [0.1, 0.15) is 5.82 Å². The Labute approximate surface area is 197 Å². The van der Waals surface area contributed by atoms with Crippen LogP contribution in [0.2, 0.25) is 0 Å². The second kappa shape index (κ2) is 11.2. The third kappa shape index (κ3) is 6.71. The van der Waals surface area contributed by atoms with Crippen molar-refractivity contribution in [2.24, 2.45) is 0 Å². The molecule has 8 heteroatoms. The molecule has 172 valence electrons. The van der Waals surface area contributed by atoms with Gasteiger partial charge in [-0.2, -0.15) is 0 Å². The molecule has 0 saturated carbocycles. The number of amides is 2. The van der Waals surface area contributed by atoms with Gasteiger partial charge in [-0.05, 0) is 35.2 Å². The molecule has 0 radical (unpaired) electrons. The second-order valence-corrected chi connectivity index (χ2v) is 9.02. The fraction of sp³-hybridized carbons (Fsp3) is 0.280. The standard InChI is InChI=1S/C25H27FN4O2S/c26-20-8-4-9-21(16-20)27-23(31)17-29-11-13-30(14-12-29)18-24(32)28-25(22-10-5-15-33-22)19-6-2-1-3-7-19/h1-10,15-16,25H,11-14,17-18H2,(H,27,31)(H,28,32)/t25-/m0/s1. The Morgan fingerprint density at radius 3 is 2.21 bits per heavy atom. The summed E-state index contributed by atoms with van der Waals surface area (Å²) in [7, 11) is 0. The van der Waals surface area contributed by atoms with Crippen LogP contribution in [-0.2, 0) is 9.59 Å². The number of piperazine rings is 1. The Kier molecular flexibility index (Phi) is 7.83. The van der Waals surface area contributed by atoms with Crippen molar-refractivity contribution in [1.82, 2.24) is 15.1 Å². The third-order valence-corrected chi connectivity index (χ3v) is 6.51. The topological polar surface area (TPSA) is 64.7 Å². The van der Waals surface area contributed by atoms with Gasteiger partial charge in [0, 0.05) is 36.7 Å². The fourth-order valence-electron chi connectivity index (χ4n) is 3.90. The summed E-state index contributed by atoms with van der Waals surface area (Å²) in [4.78, 5) is 30.3. The van der Waals surface area contributed by atoms with E-state index in [1.807, 2.05) is 52.7 Å². The molecule has 2 aromatic carbocycles. The van der Waals surface area contributed by atoms with Crippen molar-refractivity contribution in [1.29, 1.82) is 0 Å². The summed E-state index contributed by atoms with van der Waals surface area (Å²) in [6, 6.07) is 19.7. The summed E-state index contributed by atoms with van der Waals surface area (Å²) in [5, 5.41) is 7.92. The zero-order valence-electron chi connectivity index (χ0n) is 18.2. The van der Waals surface area contributed by atoms with Crippen molar-refractivity contribution in [3.05, 3.63) is 88.4 Å². The van der Waals surface area contributed by atoms with Crippen LogP contribution in [0.5, 0.6) is 0 Å². The molecular formula is C25H27FN4O2S. The van der Waals surface area contributed by atoms with Crippen molar-refractivity contribution in [2.75, 3.05) is 44.6 Å². The first-order valence-corrected chi connectivity index (χ1v) is 11.8. The lowest BCUT2D eigenvalue weighted by Crippen LogP contribution is -2.51. The molecular weight excluding hydrogens is 439 g/mol. The molecule has 1 saturated heterocycles. The fourth-order valence-corrected chi connectivity index (χ4v) is 4.71. The van der Waals surface area contributed by atoms with Gasteiger partial charge < -0.3 is 10.6 Å². The first-order chi connectivity index (χ1) is 16.1. The number of hydrogen-bond donors (Lipinski definition) is 2. The first-order valence-electron chi connectivity index (χ1n) is 10.9. The van der Waals surface area contributed by atoms with E-state index >= 15 is 0 Å². The summed E-state index contributed by atoms with van der Waals surface area (Å²) >= 11 is 1.63. The highest BCUT2D eigenvalue weighted by Gasteiger charge is 2.23. The lowest BCUT2D eigenvalue weighted by atomic mass is 10.1. The van der Waals surface area contributed by atoms with Crippen molar-refractivity contribution in [3.63, 3.8) is 0 Å². The average molecular weight is 467 g/mol. The Bertz CT molecular complexity index is 1050. The maximum atomic E-state index is 13.3. The number of anilines is 1. The minimum Gasteiger partial charge on any atom is -0.343 e. The molecule has 1 aliphatic heterocycles. The van der Waals surface area contributed by atoms with Crippen LogP contribution in [0, 0.1) is 5.82 Å². The molecule has 1 fully saturated rings. The van der Waals surface area contributed by atoms with E-state index in [1.165, 1.54) is 12.1 Å². The van der Waals surface area contributed by atoms with Crippen molar-refractivity contribution >= 4 is 28.8 Å². The molecule has 4 rings (SSSR count). The van der Waals surface area contributed by atoms with E-state index in [0.29, 0.717) is 38.4 Å². The summed E-state index contributed by atoms with van der Waals surface area (Å²) < 4.78 is 13.3. The molecule has 0 spiro atoms. The van der Waals surface area contributed by atoms with Crippen molar-refractivity contribution < 1.29 is 14.0 Å². The quantitative estimate of drug-likeness (QED) is 0.535. The van der Waals surface area contributed by atoms with Crippen LogP contribution in [0.4, 0.5) is 10.1 Å². The molecule has 2 amide bonds. The molecule has 33 heavy (non-hydrogen) atoms. The normalized spacial score (nSPS) is 15.7. The molecule has 6 nitrogen and oxygen atoms in total. The van der Waals surface area contributed by atoms with E-state index in [4.69, 9.17) is 0 Å². The number of hydrogen-bond acceptors (Lipinski definition) is 5. The van der Waals surface area contributed by atoms with Crippen LogP contribution < -0.4 is 10.6 Å². The van der Waals surface area contributed by atoms with Crippen LogP contribution in [0.1, 0.15) is 16.5 Å². The monoisotopic (exact) mass is 466 g/mol. The summed E-state index contributed by atoms with van der Waals surface area (Å²) in [6.45, 7) is 3.35. The van der Waals surface area contributed by atoms with Gasteiger partial charge in [0.2, 0.25) is 11.8 Å². The highest BCUT2D eigenvalue weighted by Crippen LogP contribution is 2.25. The van der Waals surface area contributed by atoms with E-state index < -0.39 is 0 Å². The van der Waals surface area contributed by atoms with E-state index in [9.17, 15) is 14.0 Å². The van der Waals surface area contributed by atoms with Gasteiger partial charge in [-0.3, -0.25) is 19.4 Å². The van der Waals surface area contributed by atoms with Crippen LogP contribution in [0.25, 0.3) is 0 Å². The number of carbonyl (C=O) groups excluding carboxylic acids is 2. The third-order valence-electron chi connectivity index (χ3n) is 5.57. The number of carbonyl (C=O) groups is 2. The van der Waals surface area contributed by atoms with Gasteiger partial charge in [-0.25, -0.2) is 4.39 Å². The Morgan fingerprint density at radius 2 is 1.58 bits per heavy atom. The van der Waals surface area contributed by atoms with Crippen molar-refractivity contribution in [2.45, 2.75) is 6.04 Å². The molecule has 0 aliphatic carbocycles. The lowest BCUT2D eigenvalue weighted by Gasteiger charge is -2.34. The molecule has 1 aromatic heterocycles. The molecule has 1 aliphatic rings. The van der Waals surface area contributed by atoms with Crippen LogP contribution in [0.3, 0.4) is 0 Å². The molecule has 3 aromatic rings. The van der Waals surface area contributed by atoms with Gasteiger partial charge in [0.25, 0.3) is 0 Å². The molecule has 0 unspecified atom stereocenters. The van der Waals surface area contributed by atoms with Crippen LogP contribution in [0.15, 0.2) is 72.1 Å². The maximum Gasteiger partial charge on any atom is 0.238 e. The number of benzene rings is 2. The van der Waals surface area contributed by atoms with Gasteiger partial charge in [0.15, 0.2) is 0 Å². The van der Waals surface area contributed by atoms with Gasteiger partial charge in [0.05, 0.1) is 19.1 Å². The van der Waals surface area contributed by atoms with E-state index in [2.05, 4.69) is 15.5 Å². The van der Waals surface area contributed by atoms with Crippen LogP contribution >= 0.6 is 11.3 Å². The lowest BCUT2D eigenvalue weighted by molar-refractivity contribution is -0.124. The molecule has 0 bridgehead atoms.